The van der Waals surface area contributed by atoms with Crippen molar-refractivity contribution in [1.29, 1.82) is 0 Å². The maximum Gasteiger partial charge on any atom is 0.240 e. The highest BCUT2D eigenvalue weighted by Crippen LogP contribution is 2.09. The molecule has 2 unspecified atom stereocenters. The van der Waals surface area contributed by atoms with Crippen LogP contribution in [0.5, 0.6) is 0 Å². The van der Waals surface area contributed by atoms with Crippen LogP contribution in [0, 0.1) is 11.8 Å². The van der Waals surface area contributed by atoms with Crippen LogP contribution in [0.15, 0.2) is 0 Å². The van der Waals surface area contributed by atoms with Crippen molar-refractivity contribution in [3.63, 3.8) is 0 Å². The second kappa shape index (κ2) is 6.70. The molecule has 0 spiro atoms. The summed E-state index contributed by atoms with van der Waals surface area (Å²) in [4.78, 5) is 22.8. The van der Waals surface area contributed by atoms with Gasteiger partial charge in [0, 0.05) is 6.54 Å². The van der Waals surface area contributed by atoms with Gasteiger partial charge in [-0.3, -0.25) is 9.59 Å². The molecule has 0 saturated carbocycles. The van der Waals surface area contributed by atoms with Crippen molar-refractivity contribution in [2.75, 3.05) is 13.1 Å². The van der Waals surface area contributed by atoms with Crippen LogP contribution in [0.2, 0.25) is 0 Å². The molecule has 0 radical (unpaired) electrons. The first-order chi connectivity index (χ1) is 7.02. The van der Waals surface area contributed by atoms with E-state index in [1.54, 1.807) is 0 Å². The summed E-state index contributed by atoms with van der Waals surface area (Å²) in [5.74, 6) is -0.534. The van der Waals surface area contributed by atoms with Crippen molar-refractivity contribution in [2.24, 2.45) is 17.6 Å². The van der Waals surface area contributed by atoms with Crippen molar-refractivity contribution < 1.29 is 9.59 Å². The molecule has 0 aromatic heterocycles. The van der Waals surface area contributed by atoms with Gasteiger partial charge < -0.3 is 16.4 Å². The zero-order valence-corrected chi connectivity index (χ0v) is 10.5. The molecule has 4 N–H and O–H groups in total. The van der Waals surface area contributed by atoms with Gasteiger partial charge in [0.2, 0.25) is 11.8 Å². The van der Waals surface area contributed by atoms with Crippen LogP contribution in [0.25, 0.3) is 0 Å². The van der Waals surface area contributed by atoms with Crippen molar-refractivity contribution in [1.82, 2.24) is 10.6 Å². The zero-order valence-electron chi connectivity index (χ0n) is 9.66. The quantitative estimate of drug-likeness (QED) is 0.637. The predicted molar refractivity (Wildman–Crippen MR) is 64.2 cm³/mol. The summed E-state index contributed by atoms with van der Waals surface area (Å²) >= 11 is 0. The Balaban J connectivity index is 0.00000225. The van der Waals surface area contributed by atoms with Crippen molar-refractivity contribution >= 4 is 24.2 Å². The van der Waals surface area contributed by atoms with Crippen LogP contribution in [0.3, 0.4) is 0 Å². The topological polar surface area (TPSA) is 84.2 Å². The third-order valence-electron chi connectivity index (χ3n) is 2.70. The Morgan fingerprint density at radius 2 is 2.06 bits per heavy atom. The molecule has 6 heteroatoms. The maximum atomic E-state index is 11.7. The number of hydrogen-bond donors (Lipinski definition) is 3. The van der Waals surface area contributed by atoms with Gasteiger partial charge in [0.1, 0.15) is 6.04 Å². The predicted octanol–water partition coefficient (Wildman–Crippen LogP) is -0.356. The highest BCUT2D eigenvalue weighted by molar-refractivity contribution is 5.87. The number of amides is 2. The normalized spacial score (nSPS) is 21.3. The molecule has 16 heavy (non-hydrogen) atoms. The summed E-state index contributed by atoms with van der Waals surface area (Å²) in [7, 11) is 0. The van der Waals surface area contributed by atoms with Gasteiger partial charge in [-0.1, -0.05) is 13.8 Å². The monoisotopic (exact) mass is 249 g/mol. The van der Waals surface area contributed by atoms with Crippen molar-refractivity contribution in [3.8, 4) is 0 Å². The number of carbonyl (C=O) groups is 2. The highest BCUT2D eigenvalue weighted by atomic mass is 35.5. The Morgan fingerprint density at radius 3 is 2.44 bits per heavy atom. The lowest BCUT2D eigenvalue weighted by molar-refractivity contribution is -0.130. The molecule has 1 heterocycles. The summed E-state index contributed by atoms with van der Waals surface area (Å²) in [5, 5.41) is 5.81. The van der Waals surface area contributed by atoms with Crippen LogP contribution in [0.1, 0.15) is 20.3 Å². The van der Waals surface area contributed by atoms with E-state index in [-0.39, 0.29) is 30.2 Å². The van der Waals surface area contributed by atoms with Gasteiger partial charge in [-0.15, -0.1) is 12.4 Å². The number of hydrogen-bond acceptors (Lipinski definition) is 3. The Labute approximate surface area is 102 Å². The highest BCUT2D eigenvalue weighted by Gasteiger charge is 2.27. The molecule has 2 atom stereocenters. The number of rotatable bonds is 4. The number of nitrogens with two attached hydrogens (primary N) is 1. The van der Waals surface area contributed by atoms with Crippen LogP contribution in [-0.4, -0.2) is 30.9 Å². The minimum Gasteiger partial charge on any atom is -0.368 e. The van der Waals surface area contributed by atoms with Gasteiger partial charge in [0.05, 0.1) is 5.92 Å². The summed E-state index contributed by atoms with van der Waals surface area (Å²) in [6.45, 7) is 5.28. The molecular formula is C10H20ClN3O2. The number of nitrogens with one attached hydrogen (secondary N) is 2. The van der Waals surface area contributed by atoms with Gasteiger partial charge in [0.15, 0.2) is 0 Å². The van der Waals surface area contributed by atoms with Gasteiger partial charge in [-0.05, 0) is 18.9 Å². The Morgan fingerprint density at radius 1 is 1.44 bits per heavy atom. The van der Waals surface area contributed by atoms with E-state index >= 15 is 0 Å². The number of carbonyl (C=O) groups excluding carboxylic acids is 2. The SMILES string of the molecule is CC(C)C(NC(=O)C1CCNC1)C(N)=O.Cl. The summed E-state index contributed by atoms with van der Waals surface area (Å²) in [6.07, 6.45) is 0.829. The van der Waals surface area contributed by atoms with Gasteiger partial charge >= 0.3 is 0 Å². The fraction of sp³-hybridized carbons (Fsp3) is 0.800. The fourth-order valence-electron chi connectivity index (χ4n) is 1.72. The third kappa shape index (κ3) is 3.98. The second-order valence-corrected chi connectivity index (χ2v) is 4.32. The van der Waals surface area contributed by atoms with Crippen LogP contribution in [0.4, 0.5) is 0 Å². The van der Waals surface area contributed by atoms with E-state index < -0.39 is 11.9 Å². The summed E-state index contributed by atoms with van der Waals surface area (Å²) < 4.78 is 0. The lowest BCUT2D eigenvalue weighted by Crippen LogP contribution is -2.49. The first-order valence-electron chi connectivity index (χ1n) is 5.32. The standard InChI is InChI=1S/C10H19N3O2.ClH/c1-6(2)8(9(11)14)13-10(15)7-3-4-12-5-7;/h6-8,12H,3-5H2,1-2H3,(H2,11,14)(H,13,15);1H. The first-order valence-corrected chi connectivity index (χ1v) is 5.32. The molecule has 1 fully saturated rings. The van der Waals surface area contributed by atoms with Crippen LogP contribution >= 0.6 is 12.4 Å². The van der Waals surface area contributed by atoms with E-state index in [1.807, 2.05) is 13.8 Å². The van der Waals surface area contributed by atoms with Gasteiger partial charge in [-0.2, -0.15) is 0 Å². The molecule has 2 amide bonds. The van der Waals surface area contributed by atoms with E-state index in [4.69, 9.17) is 5.73 Å². The Hall–Kier alpha value is -0.810. The summed E-state index contributed by atoms with van der Waals surface area (Å²) in [5.41, 5.74) is 5.22. The molecule has 1 aliphatic heterocycles. The molecule has 1 saturated heterocycles. The molecular weight excluding hydrogens is 230 g/mol. The van der Waals surface area contributed by atoms with E-state index in [2.05, 4.69) is 10.6 Å². The average Bonchev–Trinajstić information content (AvgIpc) is 2.65. The molecule has 94 valence electrons. The van der Waals surface area contributed by atoms with Crippen LogP contribution < -0.4 is 16.4 Å². The van der Waals surface area contributed by atoms with Gasteiger partial charge in [0.25, 0.3) is 0 Å². The van der Waals surface area contributed by atoms with Gasteiger partial charge in [-0.25, -0.2) is 0 Å². The lowest BCUT2D eigenvalue weighted by atomic mass is 10.0. The largest absolute Gasteiger partial charge is 0.368 e. The second-order valence-electron chi connectivity index (χ2n) is 4.32. The first kappa shape index (κ1) is 15.2. The molecule has 0 aromatic rings. The molecule has 1 aliphatic rings. The van der Waals surface area contributed by atoms with Crippen molar-refractivity contribution in [3.05, 3.63) is 0 Å². The fourth-order valence-corrected chi connectivity index (χ4v) is 1.72. The minimum atomic E-state index is -0.557. The summed E-state index contributed by atoms with van der Waals surface area (Å²) in [6, 6.07) is -0.557. The smallest absolute Gasteiger partial charge is 0.240 e. The Kier molecular flexibility index (Phi) is 6.36. The molecule has 0 aromatic carbocycles. The zero-order chi connectivity index (χ0) is 11.4. The lowest BCUT2D eigenvalue weighted by Gasteiger charge is -2.20. The Bertz CT molecular complexity index is 252. The average molecular weight is 250 g/mol. The van der Waals surface area contributed by atoms with Crippen LogP contribution in [-0.2, 0) is 9.59 Å². The minimum absolute atomic E-state index is 0. The number of primary amides is 1. The molecule has 0 aliphatic carbocycles. The van der Waals surface area contributed by atoms with E-state index in [9.17, 15) is 9.59 Å². The third-order valence-corrected chi connectivity index (χ3v) is 2.70. The van der Waals surface area contributed by atoms with Crippen molar-refractivity contribution in [2.45, 2.75) is 26.3 Å². The molecule has 5 nitrogen and oxygen atoms in total. The van der Waals surface area contributed by atoms with E-state index in [0.29, 0.717) is 6.54 Å². The number of halogens is 1. The van der Waals surface area contributed by atoms with E-state index in [1.165, 1.54) is 0 Å². The maximum absolute atomic E-state index is 11.7. The van der Waals surface area contributed by atoms with E-state index in [0.717, 1.165) is 13.0 Å². The molecule has 0 bridgehead atoms. The molecule has 1 rings (SSSR count).